The van der Waals surface area contributed by atoms with E-state index in [-0.39, 0.29) is 18.4 Å². The zero-order valence-electron chi connectivity index (χ0n) is 13.1. The summed E-state index contributed by atoms with van der Waals surface area (Å²) in [5, 5.41) is 0. The zero-order chi connectivity index (χ0) is 16.9. The Balaban J connectivity index is 1.82. The van der Waals surface area contributed by atoms with E-state index in [0.29, 0.717) is 24.2 Å². The summed E-state index contributed by atoms with van der Waals surface area (Å²) >= 11 is 0. The lowest BCUT2D eigenvalue weighted by molar-refractivity contribution is -0.211. The average molecular weight is 334 g/mol. The maximum atomic E-state index is 12.6. The fourth-order valence-electron chi connectivity index (χ4n) is 4.84. The minimum atomic E-state index is -5.04. The molecule has 1 aliphatic heterocycles. The molecule has 2 bridgehead atoms. The fourth-order valence-corrected chi connectivity index (χ4v) is 4.84. The van der Waals surface area contributed by atoms with Gasteiger partial charge in [0.2, 0.25) is 0 Å². The smallest absolute Gasteiger partial charge is 0.465 e. The molecule has 1 saturated heterocycles. The number of ether oxygens (including phenoxy) is 2. The van der Waals surface area contributed by atoms with Gasteiger partial charge in [-0.25, -0.2) is 4.79 Å². The van der Waals surface area contributed by atoms with Crippen LogP contribution in [-0.2, 0) is 19.1 Å². The number of hydrogen-bond acceptors (Lipinski definition) is 4. The van der Waals surface area contributed by atoms with Crippen molar-refractivity contribution >= 4 is 11.9 Å². The van der Waals surface area contributed by atoms with Crippen molar-refractivity contribution in [2.75, 3.05) is 6.61 Å². The van der Waals surface area contributed by atoms with Gasteiger partial charge in [0.25, 0.3) is 0 Å². The van der Waals surface area contributed by atoms with Crippen molar-refractivity contribution in [3.8, 4) is 0 Å². The van der Waals surface area contributed by atoms with E-state index in [1.54, 1.807) is 0 Å². The first-order chi connectivity index (χ1) is 10.7. The number of carbonyl (C=O) groups excluding carboxylic acids is 2. The molecule has 3 aliphatic rings. The molecule has 0 amide bonds. The second kappa shape index (κ2) is 5.67. The Morgan fingerprint density at radius 3 is 2.43 bits per heavy atom. The molecule has 23 heavy (non-hydrogen) atoms. The van der Waals surface area contributed by atoms with Crippen molar-refractivity contribution in [1.82, 2.24) is 0 Å². The van der Waals surface area contributed by atoms with Gasteiger partial charge in [0.1, 0.15) is 6.10 Å². The highest BCUT2D eigenvalue weighted by Crippen LogP contribution is 2.57. The molecule has 0 aromatic heterocycles. The number of rotatable bonds is 3. The lowest BCUT2D eigenvalue weighted by Gasteiger charge is -2.37. The highest BCUT2D eigenvalue weighted by molar-refractivity contribution is 5.78. The first-order valence-corrected chi connectivity index (χ1v) is 8.14. The van der Waals surface area contributed by atoms with Gasteiger partial charge in [-0.1, -0.05) is 13.8 Å². The number of carbonyl (C=O) groups is 2. The topological polar surface area (TPSA) is 52.6 Å². The third-order valence-corrected chi connectivity index (χ3v) is 6.22. The van der Waals surface area contributed by atoms with Crippen LogP contribution in [0.5, 0.6) is 0 Å². The van der Waals surface area contributed by atoms with Crippen LogP contribution in [0.1, 0.15) is 33.1 Å². The molecule has 7 heteroatoms. The normalized spacial score (nSPS) is 41.0. The van der Waals surface area contributed by atoms with E-state index in [1.807, 2.05) is 0 Å². The molecular formula is C16H21F3O4. The van der Waals surface area contributed by atoms with Crippen molar-refractivity contribution in [3.05, 3.63) is 0 Å². The molecule has 1 heterocycles. The van der Waals surface area contributed by atoms with Gasteiger partial charge in [0.05, 0.1) is 12.5 Å². The van der Waals surface area contributed by atoms with Gasteiger partial charge in [0.15, 0.2) is 0 Å². The summed E-state index contributed by atoms with van der Waals surface area (Å²) in [6.07, 6.45) is -4.10. The monoisotopic (exact) mass is 334 g/mol. The zero-order valence-corrected chi connectivity index (χ0v) is 13.1. The van der Waals surface area contributed by atoms with Gasteiger partial charge in [-0.05, 0) is 42.9 Å². The number of fused-ring (bicyclic) bond motifs is 2. The maximum absolute atomic E-state index is 12.6. The van der Waals surface area contributed by atoms with Crippen LogP contribution in [0.4, 0.5) is 13.2 Å². The lowest BCUT2D eigenvalue weighted by Crippen LogP contribution is -2.43. The highest BCUT2D eigenvalue weighted by Gasteiger charge is 2.56. The Hall–Kier alpha value is -1.27. The summed E-state index contributed by atoms with van der Waals surface area (Å²) < 4.78 is 47.6. The fraction of sp³-hybridized carbons (Fsp3) is 0.875. The Morgan fingerprint density at radius 1 is 1.26 bits per heavy atom. The molecule has 3 fully saturated rings. The molecule has 130 valence electrons. The molecule has 0 N–H and O–H groups in total. The molecule has 4 nitrogen and oxygen atoms in total. The Kier molecular flexibility index (Phi) is 4.09. The van der Waals surface area contributed by atoms with Crippen molar-refractivity contribution in [2.45, 2.75) is 45.4 Å². The minimum absolute atomic E-state index is 0.177. The maximum Gasteiger partial charge on any atom is 0.490 e. The quantitative estimate of drug-likeness (QED) is 0.745. The van der Waals surface area contributed by atoms with Gasteiger partial charge in [-0.2, -0.15) is 13.2 Å². The molecule has 3 rings (SSSR count). The van der Waals surface area contributed by atoms with E-state index in [1.165, 1.54) is 0 Å². The molecule has 2 saturated carbocycles. The van der Waals surface area contributed by atoms with E-state index in [9.17, 15) is 22.8 Å². The predicted octanol–water partition coefficient (Wildman–Crippen LogP) is 2.95. The summed E-state index contributed by atoms with van der Waals surface area (Å²) in [5.74, 6) is -2.19. The van der Waals surface area contributed by atoms with Crippen molar-refractivity contribution in [1.29, 1.82) is 0 Å². The second-order valence-corrected chi connectivity index (χ2v) is 7.21. The number of halogens is 3. The molecule has 0 radical (unpaired) electrons. The van der Waals surface area contributed by atoms with Gasteiger partial charge < -0.3 is 9.47 Å². The molecule has 0 spiro atoms. The Morgan fingerprint density at radius 2 is 1.96 bits per heavy atom. The molecule has 0 aromatic rings. The summed E-state index contributed by atoms with van der Waals surface area (Å²) in [7, 11) is 0. The van der Waals surface area contributed by atoms with Crippen LogP contribution in [0.3, 0.4) is 0 Å². The first-order valence-electron chi connectivity index (χ1n) is 8.14. The van der Waals surface area contributed by atoms with Crippen LogP contribution >= 0.6 is 0 Å². The van der Waals surface area contributed by atoms with Crippen LogP contribution in [0.15, 0.2) is 0 Å². The summed E-state index contributed by atoms with van der Waals surface area (Å²) in [6.45, 7) is 4.43. The predicted molar refractivity (Wildman–Crippen MR) is 73.0 cm³/mol. The van der Waals surface area contributed by atoms with Gasteiger partial charge in [-0.15, -0.1) is 0 Å². The number of hydrogen-bond donors (Lipinski definition) is 0. The average Bonchev–Trinajstić information content (AvgIpc) is 3.13. The van der Waals surface area contributed by atoms with Crippen molar-refractivity contribution in [3.63, 3.8) is 0 Å². The second-order valence-electron chi connectivity index (χ2n) is 7.21. The number of alkyl halides is 3. The van der Waals surface area contributed by atoms with Crippen LogP contribution in [0.25, 0.3) is 0 Å². The van der Waals surface area contributed by atoms with E-state index in [0.717, 1.165) is 12.8 Å². The van der Waals surface area contributed by atoms with Gasteiger partial charge in [-0.3, -0.25) is 4.79 Å². The highest BCUT2D eigenvalue weighted by atomic mass is 19.4. The van der Waals surface area contributed by atoms with Gasteiger partial charge in [0, 0.05) is 5.92 Å². The molecule has 7 atom stereocenters. The standard InChI is InChI=1S/C16H21F3O4/c1-7-8(2)11-5-9(7)6-12(11)13(10-3-4-22-14(10)20)23-15(21)16(17,18)19/h7-13H,3-6H2,1-2H3. The molecule has 0 aromatic carbocycles. The molecule has 2 aliphatic carbocycles. The third-order valence-electron chi connectivity index (χ3n) is 6.22. The van der Waals surface area contributed by atoms with Crippen molar-refractivity contribution in [2.24, 2.45) is 35.5 Å². The van der Waals surface area contributed by atoms with Crippen LogP contribution in [0, 0.1) is 35.5 Å². The Bertz CT molecular complexity index is 502. The van der Waals surface area contributed by atoms with Gasteiger partial charge >= 0.3 is 18.1 Å². The van der Waals surface area contributed by atoms with Crippen LogP contribution in [-0.4, -0.2) is 30.8 Å². The number of cyclic esters (lactones) is 1. The summed E-state index contributed by atoms with van der Waals surface area (Å²) in [4.78, 5) is 23.2. The molecular weight excluding hydrogens is 313 g/mol. The van der Waals surface area contributed by atoms with E-state index in [2.05, 4.69) is 13.8 Å². The van der Waals surface area contributed by atoms with E-state index < -0.39 is 30.1 Å². The summed E-state index contributed by atoms with van der Waals surface area (Å²) in [5.41, 5.74) is 0. The van der Waals surface area contributed by atoms with Crippen LogP contribution in [0.2, 0.25) is 0 Å². The van der Waals surface area contributed by atoms with E-state index in [4.69, 9.17) is 9.47 Å². The minimum Gasteiger partial charge on any atom is -0.465 e. The largest absolute Gasteiger partial charge is 0.490 e. The first kappa shape index (κ1) is 16.6. The third kappa shape index (κ3) is 2.83. The van der Waals surface area contributed by atoms with E-state index >= 15 is 0 Å². The number of esters is 2. The summed E-state index contributed by atoms with van der Waals surface area (Å²) in [6, 6.07) is 0. The molecule has 7 unspecified atom stereocenters. The SMILES string of the molecule is CC1C2CC(C1C)C(C(OC(=O)C(F)(F)F)C1CCOC1=O)C2. The van der Waals surface area contributed by atoms with Crippen LogP contribution < -0.4 is 0 Å². The van der Waals surface area contributed by atoms with Crippen molar-refractivity contribution < 1.29 is 32.2 Å². The Labute approximate surface area is 132 Å². The lowest BCUT2D eigenvalue weighted by atomic mass is 9.71.